The SMILES string of the molecule is O=C(CNC1(CO)CCCC1)Nc1ccc(C(F)(F)F)cc1. The van der Waals surface area contributed by atoms with Crippen LogP contribution in [0.1, 0.15) is 31.2 Å². The summed E-state index contributed by atoms with van der Waals surface area (Å²) in [6.07, 6.45) is -0.740. The van der Waals surface area contributed by atoms with E-state index in [0.717, 1.165) is 37.8 Å². The fraction of sp³-hybridized carbons (Fsp3) is 0.533. The third-order valence-electron chi connectivity index (χ3n) is 3.98. The van der Waals surface area contributed by atoms with Crippen molar-refractivity contribution in [2.75, 3.05) is 18.5 Å². The van der Waals surface area contributed by atoms with E-state index >= 15 is 0 Å². The van der Waals surface area contributed by atoms with E-state index in [4.69, 9.17) is 0 Å². The Labute approximate surface area is 126 Å². The Balaban J connectivity index is 1.87. The first kappa shape index (κ1) is 16.8. The molecular formula is C15H19F3N2O2. The summed E-state index contributed by atoms with van der Waals surface area (Å²) in [5.41, 5.74) is -0.851. The number of hydrogen-bond acceptors (Lipinski definition) is 3. The maximum Gasteiger partial charge on any atom is 0.416 e. The predicted molar refractivity (Wildman–Crippen MR) is 76.4 cm³/mol. The molecule has 0 heterocycles. The zero-order valence-electron chi connectivity index (χ0n) is 12.0. The highest BCUT2D eigenvalue weighted by molar-refractivity contribution is 5.92. The molecule has 4 nitrogen and oxygen atoms in total. The minimum Gasteiger partial charge on any atom is -0.394 e. The van der Waals surface area contributed by atoms with Crippen molar-refractivity contribution < 1.29 is 23.1 Å². The molecule has 0 radical (unpaired) electrons. The van der Waals surface area contributed by atoms with Gasteiger partial charge in [-0.3, -0.25) is 4.79 Å². The molecule has 1 amide bonds. The van der Waals surface area contributed by atoms with Crippen LogP contribution in [0, 0.1) is 0 Å². The summed E-state index contributed by atoms with van der Waals surface area (Å²) in [6, 6.07) is 4.29. The van der Waals surface area contributed by atoms with Crippen LogP contribution in [-0.4, -0.2) is 29.7 Å². The Kier molecular flexibility index (Phi) is 5.08. The smallest absolute Gasteiger partial charge is 0.394 e. The second-order valence-electron chi connectivity index (χ2n) is 5.62. The van der Waals surface area contributed by atoms with Gasteiger partial charge in [-0.15, -0.1) is 0 Å². The number of nitrogens with one attached hydrogen (secondary N) is 2. The second kappa shape index (κ2) is 6.66. The van der Waals surface area contributed by atoms with Crippen LogP contribution in [0.15, 0.2) is 24.3 Å². The summed E-state index contributed by atoms with van der Waals surface area (Å²) >= 11 is 0. The van der Waals surface area contributed by atoms with Gasteiger partial charge in [-0.25, -0.2) is 0 Å². The predicted octanol–water partition coefficient (Wildman–Crippen LogP) is 2.54. The molecule has 1 fully saturated rings. The number of aliphatic hydroxyl groups is 1. The molecule has 1 saturated carbocycles. The molecule has 122 valence electrons. The van der Waals surface area contributed by atoms with Gasteiger partial charge in [0.1, 0.15) is 0 Å². The monoisotopic (exact) mass is 316 g/mol. The van der Waals surface area contributed by atoms with Crippen molar-refractivity contribution >= 4 is 11.6 Å². The Morgan fingerprint density at radius 1 is 1.18 bits per heavy atom. The van der Waals surface area contributed by atoms with Gasteiger partial charge in [-0.2, -0.15) is 13.2 Å². The number of carbonyl (C=O) groups excluding carboxylic acids is 1. The summed E-state index contributed by atoms with van der Waals surface area (Å²) in [5, 5.41) is 15.0. The van der Waals surface area contributed by atoms with Gasteiger partial charge < -0.3 is 15.7 Å². The van der Waals surface area contributed by atoms with Crippen LogP contribution < -0.4 is 10.6 Å². The summed E-state index contributed by atoms with van der Waals surface area (Å²) in [4.78, 5) is 11.8. The average molecular weight is 316 g/mol. The number of hydrogen-bond donors (Lipinski definition) is 3. The summed E-state index contributed by atoms with van der Waals surface area (Å²) in [6.45, 7) is -0.0118. The number of rotatable bonds is 5. The number of halogens is 3. The van der Waals surface area contributed by atoms with E-state index in [1.165, 1.54) is 12.1 Å². The molecule has 1 aliphatic rings. The van der Waals surface area contributed by atoms with Gasteiger partial charge in [-0.1, -0.05) is 12.8 Å². The lowest BCUT2D eigenvalue weighted by molar-refractivity contribution is -0.137. The standard InChI is InChI=1S/C15H19F3N2O2/c16-15(17,18)11-3-5-12(6-4-11)20-13(22)9-19-14(10-21)7-1-2-8-14/h3-6,19,21H,1-2,7-10H2,(H,20,22). The van der Waals surface area contributed by atoms with E-state index in [1.807, 2.05) is 0 Å². The van der Waals surface area contributed by atoms with Crippen molar-refractivity contribution in [3.8, 4) is 0 Å². The highest BCUT2D eigenvalue weighted by atomic mass is 19.4. The first-order valence-corrected chi connectivity index (χ1v) is 7.18. The molecule has 22 heavy (non-hydrogen) atoms. The molecule has 0 aliphatic heterocycles. The zero-order valence-corrected chi connectivity index (χ0v) is 12.0. The summed E-state index contributed by atoms with van der Waals surface area (Å²) in [7, 11) is 0. The molecule has 7 heteroatoms. The van der Waals surface area contributed by atoms with Crippen LogP contribution in [0.2, 0.25) is 0 Å². The van der Waals surface area contributed by atoms with E-state index in [-0.39, 0.29) is 19.1 Å². The molecule has 0 unspecified atom stereocenters. The molecular weight excluding hydrogens is 297 g/mol. The molecule has 0 aromatic heterocycles. The number of alkyl halides is 3. The van der Waals surface area contributed by atoms with Gasteiger partial charge in [0.2, 0.25) is 5.91 Å². The van der Waals surface area contributed by atoms with Crippen molar-refractivity contribution in [1.29, 1.82) is 0 Å². The molecule has 1 aromatic rings. The fourth-order valence-corrected chi connectivity index (χ4v) is 2.66. The molecule has 1 aromatic carbocycles. The Morgan fingerprint density at radius 2 is 1.77 bits per heavy atom. The Hall–Kier alpha value is -1.60. The lowest BCUT2D eigenvalue weighted by Crippen LogP contribution is -2.49. The lowest BCUT2D eigenvalue weighted by atomic mass is 9.99. The zero-order chi connectivity index (χ0) is 16.2. The van der Waals surface area contributed by atoms with Gasteiger partial charge in [0.25, 0.3) is 0 Å². The molecule has 0 saturated heterocycles. The maximum absolute atomic E-state index is 12.4. The number of aliphatic hydroxyl groups excluding tert-OH is 1. The normalized spacial score (nSPS) is 17.5. The number of amides is 1. The Bertz CT molecular complexity index is 509. The van der Waals surface area contributed by atoms with E-state index in [9.17, 15) is 23.1 Å². The van der Waals surface area contributed by atoms with Crippen molar-refractivity contribution in [3.05, 3.63) is 29.8 Å². The average Bonchev–Trinajstić information content (AvgIpc) is 2.94. The quantitative estimate of drug-likeness (QED) is 0.782. The lowest BCUT2D eigenvalue weighted by Gasteiger charge is -2.27. The third-order valence-corrected chi connectivity index (χ3v) is 3.98. The largest absolute Gasteiger partial charge is 0.416 e. The van der Waals surface area contributed by atoms with Crippen molar-refractivity contribution in [2.24, 2.45) is 0 Å². The second-order valence-corrected chi connectivity index (χ2v) is 5.62. The van der Waals surface area contributed by atoms with Gasteiger partial charge in [-0.05, 0) is 37.1 Å². The Morgan fingerprint density at radius 3 is 2.27 bits per heavy atom. The molecule has 2 rings (SSSR count). The molecule has 0 bridgehead atoms. The number of carbonyl (C=O) groups is 1. The number of anilines is 1. The van der Waals surface area contributed by atoms with Crippen LogP contribution in [-0.2, 0) is 11.0 Å². The van der Waals surface area contributed by atoms with Gasteiger partial charge >= 0.3 is 6.18 Å². The van der Waals surface area contributed by atoms with Crippen molar-refractivity contribution in [2.45, 2.75) is 37.4 Å². The minimum atomic E-state index is -4.39. The summed E-state index contributed by atoms with van der Waals surface area (Å²) < 4.78 is 37.3. The van der Waals surface area contributed by atoms with Gasteiger partial charge in [0, 0.05) is 11.2 Å². The highest BCUT2D eigenvalue weighted by Gasteiger charge is 2.33. The first-order chi connectivity index (χ1) is 10.3. The fourth-order valence-electron chi connectivity index (χ4n) is 2.66. The topological polar surface area (TPSA) is 61.4 Å². The van der Waals surface area contributed by atoms with Crippen LogP contribution in [0.3, 0.4) is 0 Å². The van der Waals surface area contributed by atoms with E-state index < -0.39 is 17.3 Å². The van der Waals surface area contributed by atoms with E-state index in [2.05, 4.69) is 10.6 Å². The first-order valence-electron chi connectivity index (χ1n) is 7.18. The van der Waals surface area contributed by atoms with Crippen LogP contribution in [0.25, 0.3) is 0 Å². The highest BCUT2D eigenvalue weighted by Crippen LogP contribution is 2.30. The van der Waals surface area contributed by atoms with E-state index in [1.54, 1.807) is 0 Å². The number of benzene rings is 1. The van der Waals surface area contributed by atoms with Crippen LogP contribution in [0.5, 0.6) is 0 Å². The van der Waals surface area contributed by atoms with Crippen LogP contribution >= 0.6 is 0 Å². The summed E-state index contributed by atoms with van der Waals surface area (Å²) in [5.74, 6) is -0.348. The maximum atomic E-state index is 12.4. The third kappa shape index (κ3) is 4.20. The van der Waals surface area contributed by atoms with Gasteiger partial charge in [0.15, 0.2) is 0 Å². The minimum absolute atomic E-state index is 0.0155. The molecule has 0 atom stereocenters. The van der Waals surface area contributed by atoms with E-state index in [0.29, 0.717) is 5.69 Å². The van der Waals surface area contributed by atoms with Crippen LogP contribution in [0.4, 0.5) is 18.9 Å². The molecule has 0 spiro atoms. The van der Waals surface area contributed by atoms with Crippen molar-refractivity contribution in [3.63, 3.8) is 0 Å². The van der Waals surface area contributed by atoms with Crippen molar-refractivity contribution in [1.82, 2.24) is 5.32 Å². The van der Waals surface area contributed by atoms with Gasteiger partial charge in [0.05, 0.1) is 18.7 Å². The molecule has 1 aliphatic carbocycles. The molecule has 3 N–H and O–H groups in total.